The highest BCUT2D eigenvalue weighted by molar-refractivity contribution is 7.09. The first-order valence-corrected chi connectivity index (χ1v) is 9.22. The Hall–Kier alpha value is -2.54. The molecule has 0 spiro atoms. The van der Waals surface area contributed by atoms with Crippen LogP contribution in [0, 0.1) is 0 Å². The average Bonchev–Trinajstić information content (AvgIpc) is 3.15. The summed E-state index contributed by atoms with van der Waals surface area (Å²) in [7, 11) is 7.09. The highest BCUT2D eigenvalue weighted by Gasteiger charge is 2.10. The summed E-state index contributed by atoms with van der Waals surface area (Å²) in [5, 5.41) is 5.40. The maximum Gasteiger partial charge on any atom is 0.243 e. The minimum Gasteiger partial charge on any atom is -0.497 e. The molecule has 1 aromatic heterocycles. The van der Waals surface area contributed by atoms with Gasteiger partial charge in [0.15, 0.2) is 5.96 Å². The zero-order chi connectivity index (χ0) is 18.9. The van der Waals surface area contributed by atoms with E-state index < -0.39 is 0 Å². The summed E-state index contributed by atoms with van der Waals surface area (Å²) in [5.41, 5.74) is 1.14. The summed E-state index contributed by atoms with van der Waals surface area (Å²) in [4.78, 5) is 21.2. The lowest BCUT2D eigenvalue weighted by Crippen LogP contribution is -2.39. The highest BCUT2D eigenvalue weighted by Crippen LogP contribution is 2.13. The maximum atomic E-state index is 11.9. The minimum absolute atomic E-state index is 0.0294. The van der Waals surface area contributed by atoms with Crippen LogP contribution in [0.25, 0.3) is 0 Å². The zero-order valence-corrected chi connectivity index (χ0v) is 16.5. The lowest BCUT2D eigenvalue weighted by Gasteiger charge is -2.23. The lowest BCUT2D eigenvalue weighted by molar-refractivity contribution is -0.127. The van der Waals surface area contributed by atoms with E-state index in [1.807, 2.05) is 47.7 Å². The third-order valence-electron chi connectivity index (χ3n) is 3.80. The molecule has 140 valence electrons. The largest absolute Gasteiger partial charge is 0.497 e. The van der Waals surface area contributed by atoms with Crippen molar-refractivity contribution < 1.29 is 9.53 Å². The molecule has 0 unspecified atom stereocenters. The van der Waals surface area contributed by atoms with Crippen molar-refractivity contribution >= 4 is 23.2 Å². The number of carbonyl (C=O) groups is 1. The molecule has 1 amide bonds. The molecule has 0 fully saturated rings. The van der Waals surface area contributed by atoms with Crippen LogP contribution in [0.3, 0.4) is 0 Å². The second-order valence-corrected chi connectivity index (χ2v) is 7.10. The van der Waals surface area contributed by atoms with Crippen molar-refractivity contribution in [1.82, 2.24) is 15.1 Å². The number of hydrogen-bond donors (Lipinski definition) is 1. The van der Waals surface area contributed by atoms with Gasteiger partial charge in [0.1, 0.15) is 12.3 Å². The van der Waals surface area contributed by atoms with E-state index in [2.05, 4.69) is 16.4 Å². The fraction of sp³-hybridized carbons (Fsp3) is 0.368. The molecule has 1 aromatic carbocycles. The number of guanidine groups is 1. The molecule has 0 radical (unpaired) electrons. The summed E-state index contributed by atoms with van der Waals surface area (Å²) in [6, 6.07) is 12.0. The van der Waals surface area contributed by atoms with Gasteiger partial charge in [-0.05, 0) is 29.1 Å². The standard InChI is InChI=1S/C19H26N4O2S/c1-22(2)18(24)13-21-19(20-12-17-6-5-11-26-17)23(3)14-15-7-9-16(25-4)10-8-15/h5-11H,12-14H2,1-4H3,(H,20,21). The van der Waals surface area contributed by atoms with Crippen molar-refractivity contribution in [2.24, 2.45) is 4.99 Å². The SMILES string of the molecule is COc1ccc(CN(C)C(=NCC(=O)N(C)C)NCc2cccs2)cc1. The molecule has 0 aliphatic rings. The molecule has 26 heavy (non-hydrogen) atoms. The fourth-order valence-electron chi connectivity index (χ4n) is 2.25. The Morgan fingerprint density at radius 1 is 1.19 bits per heavy atom. The number of ether oxygens (including phenoxy) is 1. The van der Waals surface area contributed by atoms with Gasteiger partial charge in [0.2, 0.25) is 5.91 Å². The molecule has 1 heterocycles. The third-order valence-corrected chi connectivity index (χ3v) is 4.68. The monoisotopic (exact) mass is 374 g/mol. The van der Waals surface area contributed by atoms with Crippen LogP contribution in [0.1, 0.15) is 10.4 Å². The molecule has 1 N–H and O–H groups in total. The minimum atomic E-state index is -0.0294. The average molecular weight is 375 g/mol. The molecular weight excluding hydrogens is 348 g/mol. The molecule has 0 atom stereocenters. The molecule has 0 aliphatic heterocycles. The molecular formula is C19H26N4O2S. The zero-order valence-electron chi connectivity index (χ0n) is 15.7. The Bertz CT molecular complexity index is 712. The van der Waals surface area contributed by atoms with Crippen LogP contribution >= 0.6 is 11.3 Å². The summed E-state index contributed by atoms with van der Waals surface area (Å²) in [6.07, 6.45) is 0. The van der Waals surface area contributed by atoms with Crippen molar-refractivity contribution in [3.05, 3.63) is 52.2 Å². The Labute approximate surface area is 159 Å². The summed E-state index contributed by atoms with van der Waals surface area (Å²) < 4.78 is 5.20. The molecule has 6 nitrogen and oxygen atoms in total. The fourth-order valence-corrected chi connectivity index (χ4v) is 2.90. The van der Waals surface area contributed by atoms with Gasteiger partial charge in [-0.25, -0.2) is 4.99 Å². The van der Waals surface area contributed by atoms with Gasteiger partial charge < -0.3 is 19.9 Å². The second kappa shape index (κ2) is 9.82. The number of hydrogen-bond acceptors (Lipinski definition) is 4. The van der Waals surface area contributed by atoms with Crippen molar-refractivity contribution in [3.63, 3.8) is 0 Å². The van der Waals surface area contributed by atoms with Crippen LogP contribution in [-0.4, -0.2) is 56.5 Å². The number of benzene rings is 1. The van der Waals surface area contributed by atoms with E-state index in [1.165, 1.54) is 4.88 Å². The van der Waals surface area contributed by atoms with Crippen molar-refractivity contribution in [1.29, 1.82) is 0 Å². The predicted octanol–water partition coefficient (Wildman–Crippen LogP) is 2.42. The van der Waals surface area contributed by atoms with Crippen LogP contribution in [0.15, 0.2) is 46.8 Å². The third kappa shape index (κ3) is 6.07. The maximum absolute atomic E-state index is 11.9. The Balaban J connectivity index is 2.06. The van der Waals surface area contributed by atoms with Crippen LogP contribution < -0.4 is 10.1 Å². The molecule has 2 rings (SSSR count). The molecule has 2 aromatic rings. The number of amides is 1. The highest BCUT2D eigenvalue weighted by atomic mass is 32.1. The van der Waals surface area contributed by atoms with Crippen LogP contribution in [-0.2, 0) is 17.9 Å². The normalized spacial score (nSPS) is 11.2. The van der Waals surface area contributed by atoms with Gasteiger partial charge in [-0.15, -0.1) is 11.3 Å². The van der Waals surface area contributed by atoms with Gasteiger partial charge in [0, 0.05) is 32.6 Å². The summed E-state index contributed by atoms with van der Waals surface area (Å²) >= 11 is 1.69. The number of carbonyl (C=O) groups excluding carboxylic acids is 1. The second-order valence-electron chi connectivity index (χ2n) is 6.07. The number of thiophene rings is 1. The van der Waals surface area contributed by atoms with Crippen molar-refractivity contribution in [2.45, 2.75) is 13.1 Å². The molecule has 0 saturated carbocycles. The quantitative estimate of drug-likeness (QED) is 0.597. The van der Waals surface area contributed by atoms with Gasteiger partial charge in [0.05, 0.1) is 13.7 Å². The van der Waals surface area contributed by atoms with Gasteiger partial charge in [0.25, 0.3) is 0 Å². The van der Waals surface area contributed by atoms with E-state index in [-0.39, 0.29) is 12.5 Å². The van der Waals surface area contributed by atoms with Gasteiger partial charge in [-0.2, -0.15) is 0 Å². The number of methoxy groups -OCH3 is 1. The van der Waals surface area contributed by atoms with Crippen molar-refractivity contribution in [2.75, 3.05) is 34.8 Å². The molecule has 0 saturated heterocycles. The van der Waals surface area contributed by atoms with E-state index in [4.69, 9.17) is 4.74 Å². The first kappa shape index (κ1) is 19.8. The number of rotatable bonds is 7. The van der Waals surface area contributed by atoms with Crippen molar-refractivity contribution in [3.8, 4) is 5.75 Å². The molecule has 0 aliphatic carbocycles. The smallest absolute Gasteiger partial charge is 0.243 e. The van der Waals surface area contributed by atoms with Gasteiger partial charge in [-0.3, -0.25) is 4.79 Å². The number of nitrogens with one attached hydrogen (secondary N) is 1. The van der Waals surface area contributed by atoms with E-state index in [1.54, 1.807) is 37.4 Å². The van der Waals surface area contributed by atoms with Crippen LogP contribution in [0.2, 0.25) is 0 Å². The topological polar surface area (TPSA) is 57.2 Å². The van der Waals surface area contributed by atoms with E-state index >= 15 is 0 Å². The molecule has 0 bridgehead atoms. The first-order chi connectivity index (χ1) is 12.5. The summed E-state index contributed by atoms with van der Waals surface area (Å²) in [5.74, 6) is 1.50. The Morgan fingerprint density at radius 3 is 2.50 bits per heavy atom. The van der Waals surface area contributed by atoms with E-state index in [0.29, 0.717) is 19.0 Å². The number of nitrogens with zero attached hydrogens (tertiary/aromatic N) is 3. The van der Waals surface area contributed by atoms with Gasteiger partial charge in [-0.1, -0.05) is 18.2 Å². The van der Waals surface area contributed by atoms with Gasteiger partial charge >= 0.3 is 0 Å². The first-order valence-electron chi connectivity index (χ1n) is 8.34. The van der Waals surface area contributed by atoms with Crippen LogP contribution in [0.4, 0.5) is 0 Å². The summed E-state index contributed by atoms with van der Waals surface area (Å²) in [6.45, 7) is 1.47. The Kier molecular flexibility index (Phi) is 7.47. The van der Waals surface area contributed by atoms with Crippen LogP contribution in [0.5, 0.6) is 5.75 Å². The molecule has 7 heteroatoms. The van der Waals surface area contributed by atoms with E-state index in [9.17, 15) is 4.79 Å². The Morgan fingerprint density at radius 2 is 1.92 bits per heavy atom. The van der Waals surface area contributed by atoms with E-state index in [0.717, 1.165) is 11.3 Å². The predicted molar refractivity (Wildman–Crippen MR) is 107 cm³/mol. The number of aliphatic imine (C=N–C) groups is 1. The number of likely N-dealkylation sites (N-methyl/N-ethyl adjacent to an activating group) is 1. The lowest BCUT2D eigenvalue weighted by atomic mass is 10.2.